The highest BCUT2D eigenvalue weighted by atomic mass is 16.6. The first-order valence-electron chi connectivity index (χ1n) is 7.50. The molecular weight excluding hydrogens is 282 g/mol. The van der Waals surface area contributed by atoms with Gasteiger partial charge in [0.15, 0.2) is 5.82 Å². The molecule has 1 aromatic carbocycles. The molecule has 0 spiro atoms. The van der Waals surface area contributed by atoms with E-state index in [-0.39, 0.29) is 5.97 Å². The van der Waals surface area contributed by atoms with Crippen molar-refractivity contribution in [2.75, 3.05) is 13.1 Å². The summed E-state index contributed by atoms with van der Waals surface area (Å²) in [7, 11) is 0. The first-order valence-corrected chi connectivity index (χ1v) is 7.50. The Balaban J connectivity index is 1.85. The second-order valence-corrected chi connectivity index (χ2v) is 5.42. The first-order chi connectivity index (χ1) is 10.7. The number of ether oxygens (including phenoxy) is 1. The van der Waals surface area contributed by atoms with Crippen molar-refractivity contribution in [2.45, 2.75) is 31.8 Å². The SMILES string of the molecule is CC(=O)O[C@H](c1ccccc1)c1nc(C2CCNCC2)no1. The molecule has 1 N–H and O–H groups in total. The lowest BCUT2D eigenvalue weighted by molar-refractivity contribution is -0.145. The maximum atomic E-state index is 11.4. The summed E-state index contributed by atoms with van der Waals surface area (Å²) in [5, 5.41) is 7.40. The molecule has 0 radical (unpaired) electrons. The highest BCUT2D eigenvalue weighted by molar-refractivity contribution is 5.66. The number of hydrogen-bond acceptors (Lipinski definition) is 6. The smallest absolute Gasteiger partial charge is 0.303 e. The van der Waals surface area contributed by atoms with E-state index in [2.05, 4.69) is 15.5 Å². The minimum absolute atomic E-state index is 0.299. The third kappa shape index (κ3) is 3.33. The van der Waals surface area contributed by atoms with Gasteiger partial charge in [0.2, 0.25) is 6.10 Å². The third-order valence-corrected chi connectivity index (χ3v) is 3.77. The van der Waals surface area contributed by atoms with Gasteiger partial charge in [-0.25, -0.2) is 0 Å². The molecule has 0 aliphatic carbocycles. The molecule has 1 aliphatic rings. The van der Waals surface area contributed by atoms with Crippen LogP contribution in [0.4, 0.5) is 0 Å². The van der Waals surface area contributed by atoms with Crippen LogP contribution in [0.1, 0.15) is 49.1 Å². The Kier molecular flexibility index (Phi) is 4.48. The van der Waals surface area contributed by atoms with E-state index in [9.17, 15) is 4.79 Å². The van der Waals surface area contributed by atoms with Crippen molar-refractivity contribution < 1.29 is 14.1 Å². The Labute approximate surface area is 128 Å². The molecule has 0 saturated carbocycles. The molecule has 0 bridgehead atoms. The zero-order valence-electron chi connectivity index (χ0n) is 12.5. The fourth-order valence-corrected chi connectivity index (χ4v) is 2.65. The Hall–Kier alpha value is -2.21. The van der Waals surface area contributed by atoms with Crippen molar-refractivity contribution in [3.63, 3.8) is 0 Å². The zero-order chi connectivity index (χ0) is 15.4. The molecule has 1 saturated heterocycles. The molecule has 6 nitrogen and oxygen atoms in total. The molecule has 3 rings (SSSR count). The Morgan fingerprint density at radius 3 is 2.73 bits per heavy atom. The average Bonchev–Trinajstić information content (AvgIpc) is 3.04. The molecule has 116 valence electrons. The summed E-state index contributed by atoms with van der Waals surface area (Å²) in [5.74, 6) is 0.947. The lowest BCUT2D eigenvalue weighted by atomic mass is 9.97. The highest BCUT2D eigenvalue weighted by Gasteiger charge is 2.27. The monoisotopic (exact) mass is 301 g/mol. The summed E-state index contributed by atoms with van der Waals surface area (Å²) in [6, 6.07) is 9.43. The third-order valence-electron chi connectivity index (χ3n) is 3.77. The van der Waals surface area contributed by atoms with Gasteiger partial charge in [-0.1, -0.05) is 35.5 Å². The van der Waals surface area contributed by atoms with Crippen molar-refractivity contribution in [3.8, 4) is 0 Å². The van der Waals surface area contributed by atoms with Crippen molar-refractivity contribution in [1.82, 2.24) is 15.5 Å². The number of piperidine rings is 1. The van der Waals surface area contributed by atoms with Crippen molar-refractivity contribution in [1.29, 1.82) is 0 Å². The zero-order valence-corrected chi connectivity index (χ0v) is 12.5. The molecule has 0 unspecified atom stereocenters. The van der Waals surface area contributed by atoms with Gasteiger partial charge in [0, 0.05) is 18.4 Å². The van der Waals surface area contributed by atoms with Crippen LogP contribution in [0, 0.1) is 0 Å². The molecule has 1 fully saturated rings. The van der Waals surface area contributed by atoms with E-state index < -0.39 is 6.10 Å². The molecule has 0 amide bonds. The Morgan fingerprint density at radius 1 is 1.32 bits per heavy atom. The highest BCUT2D eigenvalue weighted by Crippen LogP contribution is 2.28. The van der Waals surface area contributed by atoms with Gasteiger partial charge in [-0.15, -0.1) is 0 Å². The van der Waals surface area contributed by atoms with Crippen LogP contribution in [0.3, 0.4) is 0 Å². The summed E-state index contributed by atoms with van der Waals surface area (Å²) < 4.78 is 10.8. The summed E-state index contributed by atoms with van der Waals surface area (Å²) in [5.41, 5.74) is 0.818. The number of aromatic nitrogens is 2. The molecule has 6 heteroatoms. The van der Waals surface area contributed by atoms with Gasteiger partial charge in [-0.05, 0) is 25.9 Å². The number of nitrogens with zero attached hydrogens (tertiary/aromatic N) is 2. The predicted octanol–water partition coefficient (Wildman–Crippen LogP) is 2.19. The topological polar surface area (TPSA) is 77.2 Å². The summed E-state index contributed by atoms with van der Waals surface area (Å²) in [6.07, 6.45) is 1.33. The number of carbonyl (C=O) groups excluding carboxylic acids is 1. The van der Waals surface area contributed by atoms with Crippen LogP contribution in [0.5, 0.6) is 0 Å². The lowest BCUT2D eigenvalue weighted by Crippen LogP contribution is -2.27. The quantitative estimate of drug-likeness (QED) is 0.872. The number of nitrogens with one attached hydrogen (secondary N) is 1. The summed E-state index contributed by atoms with van der Waals surface area (Å²) >= 11 is 0. The number of rotatable bonds is 4. The second-order valence-electron chi connectivity index (χ2n) is 5.42. The van der Waals surface area contributed by atoms with Gasteiger partial charge in [-0.2, -0.15) is 4.98 Å². The molecule has 1 aliphatic heterocycles. The van der Waals surface area contributed by atoms with E-state index in [0.717, 1.165) is 31.5 Å². The maximum absolute atomic E-state index is 11.4. The van der Waals surface area contributed by atoms with Crippen LogP contribution >= 0.6 is 0 Å². The molecule has 1 atom stereocenters. The van der Waals surface area contributed by atoms with Crippen molar-refractivity contribution in [2.24, 2.45) is 0 Å². The van der Waals surface area contributed by atoms with E-state index in [0.29, 0.717) is 17.6 Å². The molecule has 2 heterocycles. The Morgan fingerprint density at radius 2 is 2.05 bits per heavy atom. The van der Waals surface area contributed by atoms with Crippen LogP contribution in [0.2, 0.25) is 0 Å². The van der Waals surface area contributed by atoms with Gasteiger partial charge in [-0.3, -0.25) is 4.79 Å². The minimum atomic E-state index is -0.651. The van der Waals surface area contributed by atoms with Gasteiger partial charge < -0.3 is 14.6 Å². The van der Waals surface area contributed by atoms with E-state index >= 15 is 0 Å². The van der Waals surface area contributed by atoms with Crippen LogP contribution < -0.4 is 5.32 Å². The number of benzene rings is 1. The number of carbonyl (C=O) groups is 1. The fraction of sp³-hybridized carbons (Fsp3) is 0.438. The van der Waals surface area contributed by atoms with Crippen LogP contribution in [-0.2, 0) is 9.53 Å². The largest absolute Gasteiger partial charge is 0.447 e. The van der Waals surface area contributed by atoms with Crippen molar-refractivity contribution >= 4 is 5.97 Å². The molecule has 1 aromatic heterocycles. The fourth-order valence-electron chi connectivity index (χ4n) is 2.65. The van der Waals surface area contributed by atoms with E-state index in [1.807, 2.05) is 30.3 Å². The molecule has 2 aromatic rings. The summed E-state index contributed by atoms with van der Waals surface area (Å²) in [6.45, 7) is 3.29. The van der Waals surface area contributed by atoms with Gasteiger partial charge >= 0.3 is 5.97 Å². The second kappa shape index (κ2) is 6.70. The Bertz CT molecular complexity index is 621. The molecular formula is C16H19N3O3. The molecule has 22 heavy (non-hydrogen) atoms. The predicted molar refractivity (Wildman–Crippen MR) is 79.2 cm³/mol. The van der Waals surface area contributed by atoms with E-state index in [4.69, 9.17) is 9.26 Å². The van der Waals surface area contributed by atoms with Crippen LogP contribution in [0.25, 0.3) is 0 Å². The first kappa shape index (κ1) is 14.7. The van der Waals surface area contributed by atoms with E-state index in [1.54, 1.807) is 0 Å². The maximum Gasteiger partial charge on any atom is 0.303 e. The van der Waals surface area contributed by atoms with E-state index in [1.165, 1.54) is 6.92 Å². The van der Waals surface area contributed by atoms with Crippen LogP contribution in [0.15, 0.2) is 34.9 Å². The minimum Gasteiger partial charge on any atom is -0.447 e. The number of hydrogen-bond donors (Lipinski definition) is 1. The van der Waals surface area contributed by atoms with Gasteiger partial charge in [0.25, 0.3) is 5.89 Å². The van der Waals surface area contributed by atoms with Gasteiger partial charge in [0.1, 0.15) is 0 Å². The lowest BCUT2D eigenvalue weighted by Gasteiger charge is -2.19. The summed E-state index contributed by atoms with van der Waals surface area (Å²) in [4.78, 5) is 15.9. The van der Waals surface area contributed by atoms with Crippen LogP contribution in [-0.4, -0.2) is 29.2 Å². The normalized spacial score (nSPS) is 17.1. The van der Waals surface area contributed by atoms with Crippen molar-refractivity contribution in [3.05, 3.63) is 47.6 Å². The number of esters is 1. The standard InChI is InChI=1S/C16H19N3O3/c1-11(20)21-14(12-5-3-2-4-6-12)16-18-15(19-22-16)13-7-9-17-10-8-13/h2-6,13-14,17H,7-10H2,1H3/t14-/m1/s1. The van der Waals surface area contributed by atoms with Gasteiger partial charge in [0.05, 0.1) is 0 Å². The average molecular weight is 301 g/mol.